The third kappa shape index (κ3) is 3.17. The van der Waals surface area contributed by atoms with Crippen molar-refractivity contribution in [1.29, 1.82) is 0 Å². The van der Waals surface area contributed by atoms with Gasteiger partial charge in [-0.1, -0.05) is 37.8 Å². The van der Waals surface area contributed by atoms with E-state index >= 15 is 0 Å². The van der Waals surface area contributed by atoms with Gasteiger partial charge in [-0.15, -0.1) is 0 Å². The second kappa shape index (κ2) is 6.21. The van der Waals surface area contributed by atoms with Gasteiger partial charge in [0.05, 0.1) is 0 Å². The van der Waals surface area contributed by atoms with E-state index in [4.69, 9.17) is 4.74 Å². The van der Waals surface area contributed by atoms with Crippen LogP contribution in [0, 0.1) is 0 Å². The van der Waals surface area contributed by atoms with Crippen molar-refractivity contribution < 1.29 is 4.74 Å². The van der Waals surface area contributed by atoms with Gasteiger partial charge in [0.15, 0.2) is 0 Å². The maximum Gasteiger partial charge on any atom is 0.137 e. The van der Waals surface area contributed by atoms with Crippen LogP contribution in [0.25, 0.3) is 0 Å². The minimum atomic E-state index is 0. The normalized spacial score (nSPS) is 11.9. The molecule has 0 aliphatic rings. The molecule has 0 radical (unpaired) electrons. The van der Waals surface area contributed by atoms with E-state index in [9.17, 15) is 0 Å². The minimum absolute atomic E-state index is 0. The van der Waals surface area contributed by atoms with Crippen molar-refractivity contribution in [2.75, 3.05) is 7.11 Å². The van der Waals surface area contributed by atoms with Gasteiger partial charge in [-0.25, -0.2) is 4.98 Å². The Morgan fingerprint density at radius 1 is 1.29 bits per heavy atom. The van der Waals surface area contributed by atoms with Crippen molar-refractivity contribution in [3.8, 4) is 0 Å². The summed E-state index contributed by atoms with van der Waals surface area (Å²) in [4.78, 5) is 4.32. The van der Waals surface area contributed by atoms with E-state index in [1.165, 1.54) is 5.56 Å². The highest BCUT2D eigenvalue weighted by atomic mass is 16.5. The van der Waals surface area contributed by atoms with Crippen LogP contribution >= 0.6 is 0 Å². The molecule has 0 fully saturated rings. The summed E-state index contributed by atoms with van der Waals surface area (Å²) in [5.41, 5.74) is 1.27. The highest BCUT2D eigenvalue weighted by Crippen LogP contribution is 2.14. The smallest absolute Gasteiger partial charge is 0.137 e. The van der Waals surface area contributed by atoms with Crippen molar-refractivity contribution in [1.82, 2.24) is 9.55 Å². The zero-order valence-electron chi connectivity index (χ0n) is 9.63. The first kappa shape index (κ1) is 13.5. The fourth-order valence-corrected chi connectivity index (χ4v) is 1.70. The van der Waals surface area contributed by atoms with Gasteiger partial charge in [-0.05, 0) is 12.5 Å². The molecule has 1 aromatic heterocycles. The first-order valence-corrected chi connectivity index (χ1v) is 5.39. The molecule has 3 heteroatoms. The molecule has 0 aliphatic heterocycles. The van der Waals surface area contributed by atoms with E-state index in [0.29, 0.717) is 0 Å². The predicted octanol–water partition coefficient (Wildman–Crippen LogP) is 3.27. The van der Waals surface area contributed by atoms with Crippen molar-refractivity contribution >= 4 is 0 Å². The summed E-state index contributed by atoms with van der Waals surface area (Å²) < 4.78 is 7.40. The summed E-state index contributed by atoms with van der Waals surface area (Å²) in [6.07, 6.45) is 3.82. The molecule has 0 saturated heterocycles. The molecule has 1 unspecified atom stereocenters. The number of benzene rings is 1. The van der Waals surface area contributed by atoms with Gasteiger partial charge in [-0.2, -0.15) is 0 Å². The number of imidazole rings is 1. The molecule has 1 aromatic carbocycles. The first-order chi connectivity index (χ1) is 7.81. The summed E-state index contributed by atoms with van der Waals surface area (Å²) in [6, 6.07) is 10.3. The molecular weight excluding hydrogens is 212 g/mol. The summed E-state index contributed by atoms with van der Waals surface area (Å²) >= 11 is 0. The van der Waals surface area contributed by atoms with Gasteiger partial charge < -0.3 is 9.30 Å². The zero-order chi connectivity index (χ0) is 11.4. The van der Waals surface area contributed by atoms with E-state index < -0.39 is 0 Å². The lowest BCUT2D eigenvalue weighted by Crippen LogP contribution is -2.08. The number of ether oxygens (including phenoxy) is 1. The SMILES string of the molecule is C.COC(C)c1nccn1Cc1ccccc1. The molecule has 0 saturated carbocycles. The molecule has 92 valence electrons. The van der Waals surface area contributed by atoms with E-state index in [2.05, 4.69) is 21.7 Å². The van der Waals surface area contributed by atoms with Crippen molar-refractivity contribution in [3.05, 3.63) is 54.1 Å². The number of aromatic nitrogens is 2. The van der Waals surface area contributed by atoms with Crippen LogP contribution in [0.2, 0.25) is 0 Å². The maximum absolute atomic E-state index is 5.29. The molecule has 2 aromatic rings. The number of methoxy groups -OCH3 is 1. The van der Waals surface area contributed by atoms with Crippen LogP contribution in [0.1, 0.15) is 31.8 Å². The van der Waals surface area contributed by atoms with Crippen LogP contribution in [-0.2, 0) is 11.3 Å². The number of hydrogen-bond acceptors (Lipinski definition) is 2. The second-order valence-corrected chi connectivity index (χ2v) is 3.78. The zero-order valence-corrected chi connectivity index (χ0v) is 9.63. The number of hydrogen-bond donors (Lipinski definition) is 0. The Kier molecular flexibility index (Phi) is 4.91. The monoisotopic (exact) mass is 232 g/mol. The van der Waals surface area contributed by atoms with Crippen LogP contribution < -0.4 is 0 Å². The second-order valence-electron chi connectivity index (χ2n) is 3.78. The van der Waals surface area contributed by atoms with Crippen LogP contribution in [0.5, 0.6) is 0 Å². The van der Waals surface area contributed by atoms with Gasteiger partial charge in [0.1, 0.15) is 11.9 Å². The van der Waals surface area contributed by atoms with Crippen molar-refractivity contribution in [2.45, 2.75) is 27.0 Å². The third-order valence-electron chi connectivity index (χ3n) is 2.66. The van der Waals surface area contributed by atoms with Gasteiger partial charge in [0.25, 0.3) is 0 Å². The molecule has 0 spiro atoms. The Morgan fingerprint density at radius 3 is 2.65 bits per heavy atom. The quantitative estimate of drug-likeness (QED) is 0.809. The number of rotatable bonds is 4. The van der Waals surface area contributed by atoms with Crippen LogP contribution in [0.15, 0.2) is 42.7 Å². The summed E-state index contributed by atoms with van der Waals surface area (Å²) in [5, 5.41) is 0. The molecule has 0 aliphatic carbocycles. The Morgan fingerprint density at radius 2 is 2.00 bits per heavy atom. The van der Waals surface area contributed by atoms with Crippen molar-refractivity contribution in [2.24, 2.45) is 0 Å². The fourth-order valence-electron chi connectivity index (χ4n) is 1.70. The summed E-state index contributed by atoms with van der Waals surface area (Å²) in [5.74, 6) is 0.964. The highest BCUT2D eigenvalue weighted by molar-refractivity contribution is 5.16. The van der Waals surface area contributed by atoms with E-state index in [1.807, 2.05) is 37.5 Å². The Labute approximate surface area is 103 Å². The fraction of sp³-hybridized carbons (Fsp3) is 0.357. The standard InChI is InChI=1S/C13H16N2O.CH4/c1-11(16-2)13-14-8-9-15(13)10-12-6-4-3-5-7-12;/h3-9,11H,10H2,1-2H3;1H4. The van der Waals surface area contributed by atoms with Gasteiger partial charge in [0.2, 0.25) is 0 Å². The van der Waals surface area contributed by atoms with Gasteiger partial charge >= 0.3 is 0 Å². The Bertz CT molecular complexity index is 436. The van der Waals surface area contributed by atoms with Crippen molar-refractivity contribution in [3.63, 3.8) is 0 Å². The molecule has 3 nitrogen and oxygen atoms in total. The predicted molar refractivity (Wildman–Crippen MR) is 69.9 cm³/mol. The molecule has 1 atom stereocenters. The summed E-state index contributed by atoms with van der Waals surface area (Å²) in [6.45, 7) is 2.84. The van der Waals surface area contributed by atoms with E-state index in [0.717, 1.165) is 12.4 Å². The minimum Gasteiger partial charge on any atom is -0.374 e. The van der Waals surface area contributed by atoms with E-state index in [-0.39, 0.29) is 13.5 Å². The van der Waals surface area contributed by atoms with Crippen LogP contribution in [-0.4, -0.2) is 16.7 Å². The lowest BCUT2D eigenvalue weighted by molar-refractivity contribution is 0.109. The van der Waals surface area contributed by atoms with E-state index in [1.54, 1.807) is 7.11 Å². The Balaban J connectivity index is 0.00000144. The third-order valence-corrected chi connectivity index (χ3v) is 2.66. The average Bonchev–Trinajstić information content (AvgIpc) is 2.77. The molecule has 1 heterocycles. The maximum atomic E-state index is 5.29. The highest BCUT2D eigenvalue weighted by Gasteiger charge is 2.10. The summed E-state index contributed by atoms with van der Waals surface area (Å²) in [7, 11) is 1.70. The molecule has 0 bridgehead atoms. The molecule has 0 N–H and O–H groups in total. The molecular formula is C14H20N2O. The largest absolute Gasteiger partial charge is 0.374 e. The Hall–Kier alpha value is -1.61. The van der Waals surface area contributed by atoms with Gasteiger partial charge in [0, 0.05) is 26.0 Å². The lowest BCUT2D eigenvalue weighted by Gasteiger charge is -2.12. The average molecular weight is 232 g/mol. The molecule has 0 amide bonds. The van der Waals surface area contributed by atoms with Crippen LogP contribution in [0.4, 0.5) is 0 Å². The first-order valence-electron chi connectivity index (χ1n) is 5.39. The topological polar surface area (TPSA) is 27.1 Å². The lowest BCUT2D eigenvalue weighted by atomic mass is 10.2. The molecule has 2 rings (SSSR count). The van der Waals surface area contributed by atoms with Crippen LogP contribution in [0.3, 0.4) is 0 Å². The van der Waals surface area contributed by atoms with Gasteiger partial charge in [-0.3, -0.25) is 0 Å². The molecule has 17 heavy (non-hydrogen) atoms. The number of nitrogens with zero attached hydrogens (tertiary/aromatic N) is 2.